The lowest BCUT2D eigenvalue weighted by molar-refractivity contribution is 0.0884. The number of hydrogen-bond donors (Lipinski definition) is 2. The smallest absolute Gasteiger partial charge is 0.407 e. The van der Waals surface area contributed by atoms with Crippen LogP contribution in [-0.4, -0.2) is 55.4 Å². The number of amides is 1. The molecule has 2 rings (SSSR count). The summed E-state index contributed by atoms with van der Waals surface area (Å²) in [6, 6.07) is 18.0. The summed E-state index contributed by atoms with van der Waals surface area (Å²) in [5.74, 6) is 0.322. The Labute approximate surface area is 191 Å². The van der Waals surface area contributed by atoms with Gasteiger partial charge in [0.15, 0.2) is 0 Å². The van der Waals surface area contributed by atoms with E-state index >= 15 is 0 Å². The molecule has 0 saturated carbocycles. The summed E-state index contributed by atoms with van der Waals surface area (Å²) in [6.45, 7) is 4.33. The largest absolute Gasteiger partial charge is 0.445 e. The minimum atomic E-state index is -3.51. The molecular formula is C24H34N2O5S. The summed E-state index contributed by atoms with van der Waals surface area (Å²) in [6.07, 6.45) is 0.372. The van der Waals surface area contributed by atoms with Crippen molar-refractivity contribution in [3.05, 3.63) is 71.8 Å². The van der Waals surface area contributed by atoms with Crippen LogP contribution in [0.2, 0.25) is 0 Å². The van der Waals surface area contributed by atoms with Crippen LogP contribution >= 0.6 is 0 Å². The molecule has 0 radical (unpaired) electrons. The SMILES string of the molecule is CC(C)CCN(C[C@@H](O)C(Cc1ccccc1)NC(=O)OCc1ccccc1)S(C)(=O)=O. The van der Waals surface area contributed by atoms with Crippen molar-refractivity contribution in [1.82, 2.24) is 9.62 Å². The van der Waals surface area contributed by atoms with Gasteiger partial charge in [-0.1, -0.05) is 74.5 Å². The van der Waals surface area contributed by atoms with Crippen LogP contribution in [0.15, 0.2) is 60.7 Å². The zero-order valence-corrected chi connectivity index (χ0v) is 19.8. The monoisotopic (exact) mass is 462 g/mol. The van der Waals surface area contributed by atoms with Crippen molar-refractivity contribution in [1.29, 1.82) is 0 Å². The number of hydrogen-bond acceptors (Lipinski definition) is 5. The molecule has 176 valence electrons. The lowest BCUT2D eigenvalue weighted by Crippen LogP contribution is -2.50. The van der Waals surface area contributed by atoms with Crippen LogP contribution < -0.4 is 5.32 Å². The van der Waals surface area contributed by atoms with Crippen LogP contribution in [0.25, 0.3) is 0 Å². The predicted molar refractivity (Wildman–Crippen MR) is 126 cm³/mol. The molecule has 1 unspecified atom stereocenters. The highest BCUT2D eigenvalue weighted by atomic mass is 32.2. The zero-order valence-electron chi connectivity index (χ0n) is 19.0. The molecule has 0 bridgehead atoms. The number of aliphatic hydroxyl groups is 1. The molecule has 0 heterocycles. The minimum Gasteiger partial charge on any atom is -0.445 e. The van der Waals surface area contributed by atoms with Crippen LogP contribution in [0.3, 0.4) is 0 Å². The highest BCUT2D eigenvalue weighted by Crippen LogP contribution is 2.12. The first kappa shape index (κ1) is 25.8. The second-order valence-electron chi connectivity index (χ2n) is 8.37. The molecule has 0 aromatic heterocycles. The van der Waals surface area contributed by atoms with Gasteiger partial charge in [0.25, 0.3) is 0 Å². The molecule has 1 amide bonds. The summed E-state index contributed by atoms with van der Waals surface area (Å²) >= 11 is 0. The van der Waals surface area contributed by atoms with Crippen LogP contribution in [0.5, 0.6) is 0 Å². The molecule has 7 nitrogen and oxygen atoms in total. The minimum absolute atomic E-state index is 0.102. The molecule has 2 aromatic rings. The highest BCUT2D eigenvalue weighted by molar-refractivity contribution is 7.88. The summed E-state index contributed by atoms with van der Waals surface area (Å²) in [5, 5.41) is 13.7. The van der Waals surface area contributed by atoms with Gasteiger partial charge in [-0.3, -0.25) is 0 Å². The van der Waals surface area contributed by atoms with E-state index in [1.165, 1.54) is 4.31 Å². The lowest BCUT2D eigenvalue weighted by Gasteiger charge is -2.29. The summed E-state index contributed by atoms with van der Waals surface area (Å²) in [5.41, 5.74) is 1.76. The number of sulfonamides is 1. The Bertz CT molecular complexity index is 920. The molecular weight excluding hydrogens is 428 g/mol. The molecule has 0 spiro atoms. The number of carbonyl (C=O) groups is 1. The summed E-state index contributed by atoms with van der Waals surface area (Å²) in [7, 11) is -3.51. The molecule has 8 heteroatoms. The number of rotatable bonds is 12. The number of aliphatic hydroxyl groups excluding tert-OH is 1. The normalized spacial score (nSPS) is 13.7. The van der Waals surface area contributed by atoms with Crippen molar-refractivity contribution in [2.75, 3.05) is 19.3 Å². The average Bonchev–Trinajstić information content (AvgIpc) is 2.75. The van der Waals surface area contributed by atoms with Gasteiger partial charge >= 0.3 is 6.09 Å². The van der Waals surface area contributed by atoms with Crippen molar-refractivity contribution in [3.63, 3.8) is 0 Å². The van der Waals surface area contributed by atoms with Crippen molar-refractivity contribution in [3.8, 4) is 0 Å². The van der Waals surface area contributed by atoms with Crippen LogP contribution in [0, 0.1) is 5.92 Å². The van der Waals surface area contributed by atoms with E-state index in [0.29, 0.717) is 25.3 Å². The molecule has 32 heavy (non-hydrogen) atoms. The fourth-order valence-electron chi connectivity index (χ4n) is 3.20. The Balaban J connectivity index is 2.09. The summed E-state index contributed by atoms with van der Waals surface area (Å²) < 4.78 is 31.1. The maximum absolute atomic E-state index is 12.4. The lowest BCUT2D eigenvalue weighted by atomic mass is 10.0. The quantitative estimate of drug-likeness (QED) is 0.505. The van der Waals surface area contributed by atoms with E-state index in [4.69, 9.17) is 4.74 Å². The third-order valence-corrected chi connectivity index (χ3v) is 6.36. The number of ether oxygens (including phenoxy) is 1. The second-order valence-corrected chi connectivity index (χ2v) is 10.4. The number of nitrogens with one attached hydrogen (secondary N) is 1. The van der Waals surface area contributed by atoms with Gasteiger partial charge in [0.1, 0.15) is 6.61 Å². The van der Waals surface area contributed by atoms with E-state index in [1.807, 2.05) is 74.5 Å². The standard InChI is InChI=1S/C24H34N2O5S/c1-19(2)14-15-26(32(3,29)30)17-23(27)22(16-20-10-6-4-7-11-20)25-24(28)31-18-21-12-8-5-9-13-21/h4-13,19,22-23,27H,14-18H2,1-3H3,(H,25,28)/t22?,23-/m1/s1. The van der Waals surface area contributed by atoms with Gasteiger partial charge in [0, 0.05) is 13.1 Å². The van der Waals surface area contributed by atoms with E-state index in [0.717, 1.165) is 17.4 Å². The number of carbonyl (C=O) groups excluding carboxylic acids is 1. The molecule has 0 saturated heterocycles. The fraction of sp³-hybridized carbons (Fsp3) is 0.458. The second kappa shape index (κ2) is 12.6. The molecule has 2 N–H and O–H groups in total. The van der Waals surface area contributed by atoms with Gasteiger partial charge in [0.2, 0.25) is 10.0 Å². The van der Waals surface area contributed by atoms with Gasteiger partial charge in [0.05, 0.1) is 18.4 Å². The van der Waals surface area contributed by atoms with E-state index in [-0.39, 0.29) is 13.2 Å². The molecule has 0 aliphatic carbocycles. The Morgan fingerprint density at radius 2 is 1.59 bits per heavy atom. The van der Waals surface area contributed by atoms with Gasteiger partial charge < -0.3 is 15.2 Å². The van der Waals surface area contributed by atoms with E-state index < -0.39 is 28.3 Å². The van der Waals surface area contributed by atoms with Crippen LogP contribution in [0.1, 0.15) is 31.4 Å². The molecule has 0 aliphatic heterocycles. The third kappa shape index (κ3) is 9.38. The van der Waals surface area contributed by atoms with Crippen molar-refractivity contribution in [2.45, 2.75) is 45.4 Å². The zero-order chi connectivity index (χ0) is 23.6. The third-order valence-electron chi connectivity index (χ3n) is 5.09. The van der Waals surface area contributed by atoms with E-state index in [2.05, 4.69) is 5.32 Å². The summed E-state index contributed by atoms with van der Waals surface area (Å²) in [4.78, 5) is 12.4. The number of nitrogens with zero attached hydrogens (tertiary/aromatic N) is 1. The Morgan fingerprint density at radius 3 is 2.12 bits per heavy atom. The first-order valence-corrected chi connectivity index (χ1v) is 12.6. The van der Waals surface area contributed by atoms with Crippen molar-refractivity contribution < 1.29 is 23.1 Å². The maximum atomic E-state index is 12.4. The Hall–Kier alpha value is -2.42. The number of alkyl carbamates (subject to hydrolysis) is 1. The molecule has 2 aromatic carbocycles. The van der Waals surface area contributed by atoms with Gasteiger partial charge in [-0.05, 0) is 29.9 Å². The topological polar surface area (TPSA) is 95.9 Å². The molecule has 0 fully saturated rings. The van der Waals surface area contributed by atoms with Crippen molar-refractivity contribution in [2.24, 2.45) is 5.92 Å². The predicted octanol–water partition coefficient (Wildman–Crippen LogP) is 3.19. The molecule has 0 aliphatic rings. The number of benzene rings is 2. The Kier molecular flexibility index (Phi) is 10.2. The Morgan fingerprint density at radius 1 is 1.03 bits per heavy atom. The van der Waals surface area contributed by atoms with Crippen LogP contribution in [0.4, 0.5) is 4.79 Å². The fourth-order valence-corrected chi connectivity index (χ4v) is 4.06. The van der Waals surface area contributed by atoms with E-state index in [9.17, 15) is 18.3 Å². The molecule has 2 atom stereocenters. The van der Waals surface area contributed by atoms with Crippen LogP contribution in [-0.2, 0) is 27.8 Å². The first-order chi connectivity index (χ1) is 15.1. The van der Waals surface area contributed by atoms with Gasteiger partial charge in [-0.2, -0.15) is 4.31 Å². The average molecular weight is 463 g/mol. The van der Waals surface area contributed by atoms with E-state index in [1.54, 1.807) is 0 Å². The van der Waals surface area contributed by atoms with Gasteiger partial charge in [-0.25, -0.2) is 13.2 Å². The highest BCUT2D eigenvalue weighted by Gasteiger charge is 2.28. The first-order valence-electron chi connectivity index (χ1n) is 10.8. The maximum Gasteiger partial charge on any atom is 0.407 e. The van der Waals surface area contributed by atoms with Gasteiger partial charge in [-0.15, -0.1) is 0 Å². The van der Waals surface area contributed by atoms with Crippen molar-refractivity contribution >= 4 is 16.1 Å².